The second-order valence-electron chi connectivity index (χ2n) is 9.67. The Morgan fingerprint density at radius 1 is 1.06 bits per heavy atom. The zero-order valence-corrected chi connectivity index (χ0v) is 19.8. The van der Waals surface area contributed by atoms with Crippen molar-refractivity contribution in [1.29, 1.82) is 0 Å². The van der Waals surface area contributed by atoms with Gasteiger partial charge in [0.2, 0.25) is 0 Å². The monoisotopic (exact) mass is 448 g/mol. The Kier molecular flexibility index (Phi) is 6.40. The molecule has 7 nitrogen and oxygen atoms in total. The number of rotatable bonds is 4. The summed E-state index contributed by atoms with van der Waals surface area (Å²) in [5, 5.41) is 5.59. The number of likely N-dealkylation sites (tertiary alicyclic amines) is 1. The van der Waals surface area contributed by atoms with Crippen LogP contribution < -0.4 is 0 Å². The van der Waals surface area contributed by atoms with Crippen molar-refractivity contribution in [3.8, 4) is 0 Å². The van der Waals surface area contributed by atoms with E-state index < -0.39 is 5.60 Å². The Hall–Kier alpha value is -3.35. The fraction of sp³-hybridized carbons (Fsp3) is 0.423. The third-order valence-corrected chi connectivity index (χ3v) is 6.07. The molecule has 1 aliphatic heterocycles. The van der Waals surface area contributed by atoms with Crippen molar-refractivity contribution in [2.45, 2.75) is 51.8 Å². The van der Waals surface area contributed by atoms with E-state index in [9.17, 15) is 9.59 Å². The first-order valence-electron chi connectivity index (χ1n) is 11.5. The number of aromatic nitrogens is 2. The fourth-order valence-corrected chi connectivity index (χ4v) is 4.21. The Labute approximate surface area is 194 Å². The first-order valence-corrected chi connectivity index (χ1v) is 11.5. The summed E-state index contributed by atoms with van der Waals surface area (Å²) in [6.45, 7) is 7.44. The van der Waals surface area contributed by atoms with Gasteiger partial charge in [-0.05, 0) is 57.4 Å². The van der Waals surface area contributed by atoms with Crippen molar-refractivity contribution in [3.05, 3.63) is 65.9 Å². The molecule has 3 aromatic rings. The summed E-state index contributed by atoms with van der Waals surface area (Å²) >= 11 is 0. The molecule has 0 aliphatic carbocycles. The number of carbonyl (C=O) groups excluding carboxylic acids is 2. The minimum absolute atomic E-state index is 0.00167. The lowest BCUT2D eigenvalue weighted by Gasteiger charge is -2.37. The first kappa shape index (κ1) is 22.8. The second-order valence-corrected chi connectivity index (χ2v) is 9.67. The Balaban J connectivity index is 1.34. The number of carbonyl (C=O) groups is 2. The minimum Gasteiger partial charge on any atom is -0.444 e. The summed E-state index contributed by atoms with van der Waals surface area (Å²) in [5.74, 6) is 0.00167. The quantitative estimate of drug-likeness (QED) is 0.587. The first-order chi connectivity index (χ1) is 15.7. The molecule has 0 unspecified atom stereocenters. The molecule has 2 aromatic carbocycles. The van der Waals surface area contributed by atoms with Crippen LogP contribution in [-0.4, -0.2) is 63.4 Å². The van der Waals surface area contributed by atoms with Crippen LogP contribution in [0.3, 0.4) is 0 Å². The highest BCUT2D eigenvalue weighted by atomic mass is 16.6. The average Bonchev–Trinajstić information content (AvgIpc) is 3.20. The van der Waals surface area contributed by atoms with Crippen LogP contribution in [0.2, 0.25) is 0 Å². The van der Waals surface area contributed by atoms with E-state index in [2.05, 4.69) is 17.2 Å². The van der Waals surface area contributed by atoms with Crippen molar-refractivity contribution in [3.63, 3.8) is 0 Å². The Morgan fingerprint density at radius 3 is 2.39 bits per heavy atom. The van der Waals surface area contributed by atoms with Crippen LogP contribution >= 0.6 is 0 Å². The van der Waals surface area contributed by atoms with Crippen molar-refractivity contribution >= 4 is 22.9 Å². The molecule has 1 aliphatic rings. The Bertz CT molecular complexity index is 1120. The van der Waals surface area contributed by atoms with Crippen LogP contribution in [-0.2, 0) is 11.3 Å². The predicted molar refractivity (Wildman–Crippen MR) is 128 cm³/mol. The third-order valence-electron chi connectivity index (χ3n) is 6.07. The molecule has 2 heterocycles. The number of hydrogen-bond acceptors (Lipinski definition) is 4. The zero-order valence-electron chi connectivity index (χ0n) is 19.8. The van der Waals surface area contributed by atoms with Crippen LogP contribution in [0.4, 0.5) is 4.79 Å². The van der Waals surface area contributed by atoms with Crippen molar-refractivity contribution in [2.24, 2.45) is 0 Å². The molecule has 1 aromatic heterocycles. The van der Waals surface area contributed by atoms with Gasteiger partial charge in [0.25, 0.3) is 5.91 Å². The van der Waals surface area contributed by atoms with Gasteiger partial charge in [0.15, 0.2) is 0 Å². The molecular weight excluding hydrogens is 416 g/mol. The van der Waals surface area contributed by atoms with Crippen LogP contribution in [0.5, 0.6) is 0 Å². The lowest BCUT2D eigenvalue weighted by Crippen LogP contribution is -2.48. The number of hydrogen-bond donors (Lipinski definition) is 0. The topological polar surface area (TPSA) is 67.7 Å². The van der Waals surface area contributed by atoms with Gasteiger partial charge in [-0.25, -0.2) is 4.79 Å². The van der Waals surface area contributed by atoms with Crippen molar-refractivity contribution in [2.75, 3.05) is 20.1 Å². The number of ether oxygens (including phenoxy) is 1. The maximum absolute atomic E-state index is 13.1. The normalized spacial score (nSPS) is 15.0. The number of amides is 2. The van der Waals surface area contributed by atoms with E-state index in [1.54, 1.807) is 4.90 Å². The molecule has 0 atom stereocenters. The molecule has 0 saturated carbocycles. The van der Waals surface area contributed by atoms with Gasteiger partial charge in [-0.15, -0.1) is 0 Å². The van der Waals surface area contributed by atoms with Crippen LogP contribution in [0.25, 0.3) is 10.9 Å². The molecular formula is C26H32N4O3. The molecule has 174 valence electrons. The van der Waals surface area contributed by atoms with Gasteiger partial charge in [0, 0.05) is 37.1 Å². The van der Waals surface area contributed by atoms with Crippen molar-refractivity contribution in [1.82, 2.24) is 19.6 Å². The van der Waals surface area contributed by atoms with Gasteiger partial charge in [-0.2, -0.15) is 5.10 Å². The molecule has 0 bridgehead atoms. The summed E-state index contributed by atoms with van der Waals surface area (Å²) in [5.41, 5.74) is 2.35. The summed E-state index contributed by atoms with van der Waals surface area (Å²) in [4.78, 5) is 28.9. The summed E-state index contributed by atoms with van der Waals surface area (Å²) in [6.07, 6.45) is 3.07. The number of piperidine rings is 1. The molecule has 1 saturated heterocycles. The molecule has 33 heavy (non-hydrogen) atoms. The van der Waals surface area contributed by atoms with Crippen LogP contribution in [0.1, 0.15) is 49.5 Å². The number of fused-ring (bicyclic) bond motifs is 1. The third kappa shape index (κ3) is 5.35. The minimum atomic E-state index is -0.503. The number of para-hydroxylation sites is 1. The van der Waals surface area contributed by atoms with Gasteiger partial charge in [0.1, 0.15) is 5.60 Å². The van der Waals surface area contributed by atoms with Crippen molar-refractivity contribution < 1.29 is 14.3 Å². The smallest absolute Gasteiger partial charge is 0.410 e. The summed E-state index contributed by atoms with van der Waals surface area (Å²) in [6, 6.07) is 16.0. The van der Waals surface area contributed by atoms with Gasteiger partial charge < -0.3 is 14.5 Å². The molecule has 0 N–H and O–H groups in total. The van der Waals surface area contributed by atoms with Gasteiger partial charge in [-0.1, -0.05) is 30.3 Å². The maximum Gasteiger partial charge on any atom is 0.410 e. The summed E-state index contributed by atoms with van der Waals surface area (Å²) < 4.78 is 7.43. The van der Waals surface area contributed by atoms with E-state index in [1.165, 1.54) is 0 Å². The van der Waals surface area contributed by atoms with Crippen LogP contribution in [0.15, 0.2) is 54.7 Å². The number of nitrogens with zero attached hydrogens (tertiary/aromatic N) is 4. The molecule has 7 heteroatoms. The number of benzene rings is 2. The maximum atomic E-state index is 13.1. The fourth-order valence-electron chi connectivity index (χ4n) is 4.21. The Morgan fingerprint density at radius 2 is 1.73 bits per heavy atom. The van der Waals surface area contributed by atoms with E-state index in [0.717, 1.165) is 29.3 Å². The SMILES string of the molecule is CN(C(=O)c1ccc(Cn2ncc3ccccc32)cc1)C1CCN(C(=O)OC(C)(C)C)CC1. The molecule has 2 amide bonds. The van der Waals surface area contributed by atoms with Crippen LogP contribution in [0, 0.1) is 0 Å². The zero-order chi connectivity index (χ0) is 23.6. The highest BCUT2D eigenvalue weighted by molar-refractivity contribution is 5.94. The van der Waals surface area contributed by atoms with E-state index in [4.69, 9.17) is 4.74 Å². The van der Waals surface area contributed by atoms with E-state index >= 15 is 0 Å². The van der Waals surface area contributed by atoms with E-state index in [1.807, 2.05) is 80.0 Å². The van der Waals surface area contributed by atoms with Gasteiger partial charge >= 0.3 is 6.09 Å². The highest BCUT2D eigenvalue weighted by Crippen LogP contribution is 2.21. The largest absolute Gasteiger partial charge is 0.444 e. The molecule has 0 radical (unpaired) electrons. The predicted octanol–water partition coefficient (Wildman–Crippen LogP) is 4.56. The molecule has 4 rings (SSSR count). The second kappa shape index (κ2) is 9.25. The van der Waals surface area contributed by atoms with E-state index in [0.29, 0.717) is 25.2 Å². The van der Waals surface area contributed by atoms with Gasteiger partial charge in [-0.3, -0.25) is 9.48 Å². The summed E-state index contributed by atoms with van der Waals surface area (Å²) in [7, 11) is 1.85. The highest BCUT2D eigenvalue weighted by Gasteiger charge is 2.30. The van der Waals surface area contributed by atoms with Gasteiger partial charge in [0.05, 0.1) is 18.3 Å². The lowest BCUT2D eigenvalue weighted by atomic mass is 10.0. The van der Waals surface area contributed by atoms with E-state index in [-0.39, 0.29) is 18.0 Å². The molecule has 1 fully saturated rings. The lowest BCUT2D eigenvalue weighted by molar-refractivity contribution is 0.0160. The standard InChI is InChI=1S/C26H32N4O3/c1-26(2,3)33-25(32)29-15-13-22(14-16-29)28(4)24(31)20-11-9-19(10-12-20)18-30-23-8-6-5-7-21(23)17-27-30/h5-12,17,22H,13-16,18H2,1-4H3. The molecule has 0 spiro atoms. The average molecular weight is 449 g/mol.